The molecule has 0 aliphatic rings. The second kappa shape index (κ2) is 5.77. The van der Waals surface area contributed by atoms with Gasteiger partial charge in [0.1, 0.15) is 11.8 Å². The number of para-hydroxylation sites is 2. The van der Waals surface area contributed by atoms with E-state index in [2.05, 4.69) is 22.0 Å². The standard InChI is InChI=1S/C15H13BrN2O/c1-18(14-5-3-4-6-15(14)19-2)12-8-7-11(10-17)13(16)9-12/h3-9H,1-2H3. The van der Waals surface area contributed by atoms with E-state index in [-0.39, 0.29) is 0 Å². The van der Waals surface area contributed by atoms with Crippen LogP contribution in [0.4, 0.5) is 11.4 Å². The maximum atomic E-state index is 8.93. The first-order chi connectivity index (χ1) is 9.17. The van der Waals surface area contributed by atoms with Gasteiger partial charge in [0.2, 0.25) is 0 Å². The highest BCUT2D eigenvalue weighted by Gasteiger charge is 2.10. The number of hydrogen-bond donors (Lipinski definition) is 0. The number of benzene rings is 2. The molecule has 3 nitrogen and oxygen atoms in total. The molecule has 0 saturated heterocycles. The number of rotatable bonds is 3. The van der Waals surface area contributed by atoms with Crippen LogP contribution in [0.5, 0.6) is 5.75 Å². The number of nitrogens with zero attached hydrogens (tertiary/aromatic N) is 2. The minimum Gasteiger partial charge on any atom is -0.495 e. The van der Waals surface area contributed by atoms with Crippen LogP contribution in [0.1, 0.15) is 5.56 Å². The van der Waals surface area contributed by atoms with Gasteiger partial charge in [-0.1, -0.05) is 12.1 Å². The lowest BCUT2D eigenvalue weighted by molar-refractivity contribution is 0.415. The van der Waals surface area contributed by atoms with E-state index < -0.39 is 0 Å². The molecule has 0 amide bonds. The molecule has 0 aromatic heterocycles. The van der Waals surface area contributed by atoms with Gasteiger partial charge in [0.05, 0.1) is 18.4 Å². The van der Waals surface area contributed by atoms with E-state index in [9.17, 15) is 0 Å². The topological polar surface area (TPSA) is 36.3 Å². The molecule has 0 saturated carbocycles. The lowest BCUT2D eigenvalue weighted by atomic mass is 10.2. The molecule has 2 aromatic rings. The van der Waals surface area contributed by atoms with Crippen molar-refractivity contribution in [3.05, 3.63) is 52.5 Å². The maximum Gasteiger partial charge on any atom is 0.142 e. The predicted octanol–water partition coefficient (Wildman–Crippen LogP) is 4.10. The third-order valence-electron chi connectivity index (χ3n) is 2.91. The third kappa shape index (κ3) is 2.72. The fraction of sp³-hybridized carbons (Fsp3) is 0.133. The van der Waals surface area contributed by atoms with Crippen molar-refractivity contribution in [2.24, 2.45) is 0 Å². The van der Waals surface area contributed by atoms with Gasteiger partial charge >= 0.3 is 0 Å². The summed E-state index contributed by atoms with van der Waals surface area (Å²) < 4.78 is 6.14. The molecule has 0 atom stereocenters. The van der Waals surface area contributed by atoms with Gasteiger partial charge in [-0.05, 0) is 46.3 Å². The van der Waals surface area contributed by atoms with Crippen molar-refractivity contribution in [3.63, 3.8) is 0 Å². The predicted molar refractivity (Wildman–Crippen MR) is 79.9 cm³/mol. The van der Waals surface area contributed by atoms with Crippen LogP contribution in [0, 0.1) is 11.3 Å². The van der Waals surface area contributed by atoms with Gasteiger partial charge in [-0.3, -0.25) is 0 Å². The van der Waals surface area contributed by atoms with Crippen LogP contribution < -0.4 is 9.64 Å². The van der Waals surface area contributed by atoms with Crippen molar-refractivity contribution in [2.75, 3.05) is 19.1 Å². The second-order valence-electron chi connectivity index (χ2n) is 4.01. The molecule has 2 aromatic carbocycles. The van der Waals surface area contributed by atoms with Gasteiger partial charge in [-0.2, -0.15) is 5.26 Å². The molecule has 2 rings (SSSR count). The highest BCUT2D eigenvalue weighted by molar-refractivity contribution is 9.10. The number of anilines is 2. The molecule has 0 radical (unpaired) electrons. The van der Waals surface area contributed by atoms with Gasteiger partial charge in [0.15, 0.2) is 0 Å². The Kier molecular flexibility index (Phi) is 4.08. The Morgan fingerprint density at radius 1 is 1.21 bits per heavy atom. The molecule has 4 heteroatoms. The minimum absolute atomic E-state index is 0.622. The van der Waals surface area contributed by atoms with E-state index in [1.807, 2.05) is 48.3 Å². The van der Waals surface area contributed by atoms with E-state index in [0.717, 1.165) is 21.6 Å². The summed E-state index contributed by atoms with van der Waals surface area (Å²) in [4.78, 5) is 2.02. The molecule has 0 spiro atoms. The van der Waals surface area contributed by atoms with E-state index in [0.29, 0.717) is 5.56 Å². The molecule has 0 aliphatic carbocycles. The number of methoxy groups -OCH3 is 1. The summed E-state index contributed by atoms with van der Waals surface area (Å²) in [6, 6.07) is 15.6. The zero-order chi connectivity index (χ0) is 13.8. The summed E-state index contributed by atoms with van der Waals surface area (Å²) in [6.07, 6.45) is 0. The zero-order valence-electron chi connectivity index (χ0n) is 10.7. The molecule has 0 aliphatic heterocycles. The van der Waals surface area contributed by atoms with Gasteiger partial charge in [-0.15, -0.1) is 0 Å². The monoisotopic (exact) mass is 316 g/mol. The first-order valence-corrected chi connectivity index (χ1v) is 6.53. The molecule has 0 heterocycles. The largest absolute Gasteiger partial charge is 0.495 e. The van der Waals surface area contributed by atoms with Crippen LogP contribution in [-0.2, 0) is 0 Å². The van der Waals surface area contributed by atoms with Crippen molar-refractivity contribution < 1.29 is 4.74 Å². The van der Waals surface area contributed by atoms with E-state index in [1.165, 1.54) is 0 Å². The van der Waals surface area contributed by atoms with Crippen molar-refractivity contribution >= 4 is 27.3 Å². The molecule has 0 fully saturated rings. The van der Waals surface area contributed by atoms with Gasteiger partial charge < -0.3 is 9.64 Å². The summed E-state index contributed by atoms with van der Waals surface area (Å²) in [5.74, 6) is 0.811. The summed E-state index contributed by atoms with van der Waals surface area (Å²) in [5.41, 5.74) is 2.58. The van der Waals surface area contributed by atoms with Crippen LogP contribution in [-0.4, -0.2) is 14.2 Å². The quantitative estimate of drug-likeness (QED) is 0.855. The SMILES string of the molecule is COc1ccccc1N(C)c1ccc(C#N)c(Br)c1. The Morgan fingerprint density at radius 2 is 1.95 bits per heavy atom. The van der Waals surface area contributed by atoms with Gasteiger partial charge in [0, 0.05) is 17.2 Å². The van der Waals surface area contributed by atoms with Gasteiger partial charge in [-0.25, -0.2) is 0 Å². The highest BCUT2D eigenvalue weighted by atomic mass is 79.9. The summed E-state index contributed by atoms with van der Waals surface area (Å²) in [6.45, 7) is 0. The van der Waals surface area contributed by atoms with Crippen LogP contribution in [0.3, 0.4) is 0 Å². The smallest absolute Gasteiger partial charge is 0.142 e. The average Bonchev–Trinajstić information content (AvgIpc) is 2.46. The maximum absolute atomic E-state index is 8.93. The summed E-state index contributed by atoms with van der Waals surface area (Å²) in [5, 5.41) is 8.93. The van der Waals surface area contributed by atoms with Crippen molar-refractivity contribution in [2.45, 2.75) is 0 Å². The first kappa shape index (κ1) is 13.4. The fourth-order valence-electron chi connectivity index (χ4n) is 1.85. The molecule has 19 heavy (non-hydrogen) atoms. The normalized spacial score (nSPS) is 9.79. The van der Waals surface area contributed by atoms with E-state index in [1.54, 1.807) is 13.2 Å². The molecule has 0 unspecified atom stereocenters. The molecule has 0 N–H and O–H groups in total. The molecule has 96 valence electrons. The molecular formula is C15H13BrN2O. The van der Waals surface area contributed by atoms with E-state index >= 15 is 0 Å². The highest BCUT2D eigenvalue weighted by Crippen LogP contribution is 2.33. The Morgan fingerprint density at radius 3 is 2.58 bits per heavy atom. The Labute approximate surface area is 121 Å². The van der Waals surface area contributed by atoms with Crippen molar-refractivity contribution in [1.82, 2.24) is 0 Å². The first-order valence-electron chi connectivity index (χ1n) is 5.73. The van der Waals surface area contributed by atoms with Crippen LogP contribution >= 0.6 is 15.9 Å². The lowest BCUT2D eigenvalue weighted by Gasteiger charge is -2.22. The van der Waals surface area contributed by atoms with Gasteiger partial charge in [0.25, 0.3) is 0 Å². The Hall–Kier alpha value is -1.99. The van der Waals surface area contributed by atoms with Crippen molar-refractivity contribution in [3.8, 4) is 11.8 Å². The van der Waals surface area contributed by atoms with Crippen molar-refractivity contribution in [1.29, 1.82) is 5.26 Å². The molecular weight excluding hydrogens is 304 g/mol. The van der Waals surface area contributed by atoms with E-state index in [4.69, 9.17) is 10.00 Å². The summed E-state index contributed by atoms with van der Waals surface area (Å²) >= 11 is 3.40. The minimum atomic E-state index is 0.622. The number of nitriles is 1. The summed E-state index contributed by atoms with van der Waals surface area (Å²) in [7, 11) is 3.62. The number of halogens is 1. The van der Waals surface area contributed by atoms with Crippen LogP contribution in [0.2, 0.25) is 0 Å². The van der Waals surface area contributed by atoms with Crippen LogP contribution in [0.15, 0.2) is 46.9 Å². The van der Waals surface area contributed by atoms with Crippen LogP contribution in [0.25, 0.3) is 0 Å². The zero-order valence-corrected chi connectivity index (χ0v) is 12.3. The average molecular weight is 317 g/mol. The second-order valence-corrected chi connectivity index (χ2v) is 4.86. The number of hydrogen-bond acceptors (Lipinski definition) is 3. The third-order valence-corrected chi connectivity index (χ3v) is 3.56. The fourth-order valence-corrected chi connectivity index (χ4v) is 2.30. The number of ether oxygens (including phenoxy) is 1. The Bertz CT molecular complexity index is 634. The molecule has 0 bridgehead atoms. The lowest BCUT2D eigenvalue weighted by Crippen LogP contribution is -2.10. The Balaban J connectivity index is 2.42.